The maximum absolute atomic E-state index is 12.7. The normalized spacial score (nSPS) is 12.9. The summed E-state index contributed by atoms with van der Waals surface area (Å²) in [6, 6.07) is 0. The van der Waals surface area contributed by atoms with Crippen molar-refractivity contribution in [3.63, 3.8) is 0 Å². The van der Waals surface area contributed by atoms with Gasteiger partial charge in [-0.1, -0.05) is 208 Å². The first-order chi connectivity index (χ1) is 29.5. The van der Waals surface area contributed by atoms with Crippen LogP contribution in [0.15, 0.2) is 97.2 Å². The van der Waals surface area contributed by atoms with Crippen LogP contribution in [0.1, 0.15) is 207 Å². The van der Waals surface area contributed by atoms with Gasteiger partial charge in [0, 0.05) is 19.3 Å². The quantitative estimate of drug-likeness (QED) is 0.0200. The third-order valence-electron chi connectivity index (χ3n) is 9.93. The molecule has 0 aromatic carbocycles. The summed E-state index contributed by atoms with van der Waals surface area (Å²) >= 11 is 0. The standard InChI is InChI=1S/C54H88O6/c1-4-7-10-13-16-19-22-25-26-27-30-32-35-38-41-44-47-53(56)59-50-51(60-54(57)48-45-42-39-36-33-29-24-21-18-15-12-9-6-3)49-58-52(55)46-43-40-37-34-31-28-23-20-17-14-11-8-5-2/h7,9-10,12,15-16,18-19,21,24-26,29-30,32-33,51H,4-6,8,11,13-14,17,20,22-23,27-28,31,34-50H2,1-3H3/b10-7-,12-9-,18-15-,19-16-,24-21-,26-25-,32-30-,33-29-. The molecule has 0 aromatic heterocycles. The van der Waals surface area contributed by atoms with Crippen molar-refractivity contribution in [1.82, 2.24) is 0 Å². The van der Waals surface area contributed by atoms with E-state index in [1.165, 1.54) is 64.2 Å². The van der Waals surface area contributed by atoms with Crippen molar-refractivity contribution >= 4 is 17.9 Å². The summed E-state index contributed by atoms with van der Waals surface area (Å²) < 4.78 is 16.7. The van der Waals surface area contributed by atoms with Gasteiger partial charge in [0.15, 0.2) is 6.10 Å². The van der Waals surface area contributed by atoms with Crippen molar-refractivity contribution in [1.29, 1.82) is 0 Å². The van der Waals surface area contributed by atoms with Crippen LogP contribution in [0.25, 0.3) is 0 Å². The molecule has 0 radical (unpaired) electrons. The van der Waals surface area contributed by atoms with E-state index in [0.717, 1.165) is 96.3 Å². The van der Waals surface area contributed by atoms with E-state index in [1.54, 1.807) is 0 Å². The van der Waals surface area contributed by atoms with E-state index in [0.29, 0.717) is 19.3 Å². The Hall–Kier alpha value is -3.67. The first-order valence-corrected chi connectivity index (χ1v) is 24.3. The Morgan fingerprint density at radius 3 is 1.22 bits per heavy atom. The van der Waals surface area contributed by atoms with Crippen molar-refractivity contribution in [3.8, 4) is 0 Å². The number of carbonyl (C=O) groups is 3. The van der Waals surface area contributed by atoms with Gasteiger partial charge < -0.3 is 14.2 Å². The zero-order chi connectivity index (χ0) is 43.7. The third-order valence-corrected chi connectivity index (χ3v) is 9.93. The second kappa shape index (κ2) is 48.0. The zero-order valence-corrected chi connectivity index (χ0v) is 38.7. The Morgan fingerprint density at radius 1 is 0.367 bits per heavy atom. The molecule has 0 spiro atoms. The molecule has 0 aliphatic carbocycles. The van der Waals surface area contributed by atoms with Gasteiger partial charge in [-0.2, -0.15) is 0 Å². The van der Waals surface area contributed by atoms with E-state index in [-0.39, 0.29) is 37.5 Å². The molecule has 0 aliphatic heterocycles. The zero-order valence-electron chi connectivity index (χ0n) is 38.7. The highest BCUT2D eigenvalue weighted by Crippen LogP contribution is 2.14. The number of hydrogen-bond donors (Lipinski definition) is 0. The molecule has 0 bridgehead atoms. The predicted molar refractivity (Wildman–Crippen MR) is 256 cm³/mol. The molecule has 0 aromatic rings. The summed E-state index contributed by atoms with van der Waals surface area (Å²) in [5.74, 6) is -0.981. The molecule has 1 atom stereocenters. The fraction of sp³-hybridized carbons (Fsp3) is 0.648. The summed E-state index contributed by atoms with van der Waals surface area (Å²) in [7, 11) is 0. The molecule has 0 heterocycles. The summed E-state index contributed by atoms with van der Waals surface area (Å²) in [6.45, 7) is 6.30. The van der Waals surface area contributed by atoms with Crippen LogP contribution < -0.4 is 0 Å². The molecule has 340 valence electrons. The molecule has 0 rings (SSSR count). The molecule has 60 heavy (non-hydrogen) atoms. The molecule has 0 fully saturated rings. The molecule has 6 heteroatoms. The average molecular weight is 833 g/mol. The largest absolute Gasteiger partial charge is 0.462 e. The van der Waals surface area contributed by atoms with Crippen LogP contribution in [0.3, 0.4) is 0 Å². The maximum atomic E-state index is 12.7. The highest BCUT2D eigenvalue weighted by Gasteiger charge is 2.19. The van der Waals surface area contributed by atoms with Crippen molar-refractivity contribution in [2.45, 2.75) is 213 Å². The molecule has 6 nitrogen and oxygen atoms in total. The van der Waals surface area contributed by atoms with Gasteiger partial charge in [-0.05, 0) is 77.0 Å². The average Bonchev–Trinajstić information content (AvgIpc) is 3.24. The molecule has 0 aliphatic rings. The lowest BCUT2D eigenvalue weighted by Gasteiger charge is -2.18. The second-order valence-electron chi connectivity index (χ2n) is 15.7. The number of unbranched alkanes of at least 4 members (excludes halogenated alkanes) is 18. The van der Waals surface area contributed by atoms with E-state index in [9.17, 15) is 14.4 Å². The molecule has 0 N–H and O–H groups in total. The summed E-state index contributed by atoms with van der Waals surface area (Å²) in [4.78, 5) is 37.9. The van der Waals surface area contributed by atoms with E-state index < -0.39 is 6.10 Å². The Labute approximate surface area is 368 Å². The van der Waals surface area contributed by atoms with E-state index in [4.69, 9.17) is 14.2 Å². The fourth-order valence-electron chi connectivity index (χ4n) is 6.32. The Balaban J connectivity index is 4.50. The Morgan fingerprint density at radius 2 is 0.733 bits per heavy atom. The SMILES string of the molecule is CC\C=C/C=C\C=C/C=C\CCCCCC(=O)OC(COC(=O)CCCCC/C=C\C/C=C\C/C=C\C/C=C\CC)COC(=O)CCCCCCCCCCCCCCC. The van der Waals surface area contributed by atoms with Gasteiger partial charge in [0.05, 0.1) is 0 Å². The molecular formula is C54H88O6. The van der Waals surface area contributed by atoms with E-state index in [2.05, 4.69) is 81.5 Å². The number of esters is 3. The summed E-state index contributed by atoms with van der Waals surface area (Å²) in [6.07, 6.45) is 62.5. The number of allylic oxidation sites excluding steroid dienone is 16. The van der Waals surface area contributed by atoms with Gasteiger partial charge in [0.1, 0.15) is 13.2 Å². The van der Waals surface area contributed by atoms with Crippen LogP contribution in [-0.4, -0.2) is 37.2 Å². The molecule has 0 saturated carbocycles. The first-order valence-electron chi connectivity index (χ1n) is 24.3. The first kappa shape index (κ1) is 56.3. The van der Waals surface area contributed by atoms with Crippen LogP contribution in [0.4, 0.5) is 0 Å². The van der Waals surface area contributed by atoms with Crippen LogP contribution in [0.5, 0.6) is 0 Å². The number of hydrogen-bond acceptors (Lipinski definition) is 6. The lowest BCUT2D eigenvalue weighted by atomic mass is 10.0. The summed E-state index contributed by atoms with van der Waals surface area (Å²) in [5.41, 5.74) is 0. The highest BCUT2D eigenvalue weighted by atomic mass is 16.6. The van der Waals surface area contributed by atoms with Crippen LogP contribution in [0.2, 0.25) is 0 Å². The van der Waals surface area contributed by atoms with Gasteiger partial charge in [-0.25, -0.2) is 0 Å². The minimum atomic E-state index is -0.809. The van der Waals surface area contributed by atoms with Crippen molar-refractivity contribution in [2.75, 3.05) is 13.2 Å². The topological polar surface area (TPSA) is 78.9 Å². The van der Waals surface area contributed by atoms with Crippen molar-refractivity contribution < 1.29 is 28.6 Å². The van der Waals surface area contributed by atoms with Gasteiger partial charge >= 0.3 is 17.9 Å². The molecular weight excluding hydrogens is 745 g/mol. The van der Waals surface area contributed by atoms with Crippen LogP contribution >= 0.6 is 0 Å². The van der Waals surface area contributed by atoms with Gasteiger partial charge in [0.25, 0.3) is 0 Å². The van der Waals surface area contributed by atoms with Gasteiger partial charge in [-0.3, -0.25) is 14.4 Å². The number of rotatable bonds is 42. The fourth-order valence-corrected chi connectivity index (χ4v) is 6.32. The van der Waals surface area contributed by atoms with Crippen molar-refractivity contribution in [2.24, 2.45) is 0 Å². The van der Waals surface area contributed by atoms with E-state index in [1.807, 2.05) is 36.5 Å². The lowest BCUT2D eigenvalue weighted by Crippen LogP contribution is -2.30. The molecule has 1 unspecified atom stereocenters. The van der Waals surface area contributed by atoms with Crippen molar-refractivity contribution in [3.05, 3.63) is 97.2 Å². The second-order valence-corrected chi connectivity index (χ2v) is 15.7. The molecule has 0 saturated heterocycles. The van der Waals surface area contributed by atoms with Crippen LogP contribution in [0, 0.1) is 0 Å². The Bertz CT molecular complexity index is 1230. The van der Waals surface area contributed by atoms with Crippen LogP contribution in [-0.2, 0) is 28.6 Å². The minimum Gasteiger partial charge on any atom is -0.462 e. The predicted octanol–water partition coefficient (Wildman–Crippen LogP) is 15.8. The highest BCUT2D eigenvalue weighted by molar-refractivity contribution is 5.71. The number of carbonyl (C=O) groups excluding carboxylic acids is 3. The minimum absolute atomic E-state index is 0.104. The third kappa shape index (κ3) is 45.4. The van der Waals surface area contributed by atoms with E-state index >= 15 is 0 Å². The lowest BCUT2D eigenvalue weighted by molar-refractivity contribution is -0.167. The smallest absolute Gasteiger partial charge is 0.306 e. The number of ether oxygens (including phenoxy) is 3. The van der Waals surface area contributed by atoms with Gasteiger partial charge in [0.2, 0.25) is 0 Å². The monoisotopic (exact) mass is 833 g/mol. The Kier molecular flexibility index (Phi) is 45.1. The maximum Gasteiger partial charge on any atom is 0.306 e. The van der Waals surface area contributed by atoms with Gasteiger partial charge in [-0.15, -0.1) is 0 Å². The molecule has 0 amide bonds. The summed E-state index contributed by atoms with van der Waals surface area (Å²) in [5, 5.41) is 0.